The van der Waals surface area contributed by atoms with Gasteiger partial charge in [0.05, 0.1) is 27.7 Å². The zero-order valence-electron chi connectivity index (χ0n) is 17.0. The lowest BCUT2D eigenvalue weighted by Gasteiger charge is -2.11. The predicted octanol–water partition coefficient (Wildman–Crippen LogP) is 4.50. The van der Waals surface area contributed by atoms with Crippen LogP contribution in [0.4, 0.5) is 5.69 Å². The standard InChI is InChI=1S/C22H20Cl2N2O5S/c1-30-21-5-3-2-4-15(21)13-25-22(27)14-31-17-7-9-18(10-8-17)32(28,29)26-16-6-11-19(23)20(24)12-16/h2-12,26H,13-14H2,1H3,(H,25,27). The van der Waals surface area contributed by atoms with Crippen LogP contribution in [0.2, 0.25) is 10.0 Å². The van der Waals surface area contributed by atoms with Crippen molar-refractivity contribution in [3.8, 4) is 11.5 Å². The number of para-hydroxylation sites is 1. The second-order valence-corrected chi connectivity index (χ2v) is 9.08. The molecule has 0 saturated heterocycles. The van der Waals surface area contributed by atoms with Gasteiger partial charge < -0.3 is 14.8 Å². The fourth-order valence-corrected chi connectivity index (χ4v) is 4.08. The van der Waals surface area contributed by atoms with Gasteiger partial charge in [0.25, 0.3) is 15.9 Å². The smallest absolute Gasteiger partial charge is 0.261 e. The van der Waals surface area contributed by atoms with Crippen LogP contribution in [0.5, 0.6) is 11.5 Å². The van der Waals surface area contributed by atoms with Crippen molar-refractivity contribution in [3.63, 3.8) is 0 Å². The first-order valence-electron chi connectivity index (χ1n) is 9.38. The highest BCUT2D eigenvalue weighted by Crippen LogP contribution is 2.27. The summed E-state index contributed by atoms with van der Waals surface area (Å²) in [5.41, 5.74) is 1.12. The normalized spacial score (nSPS) is 11.0. The van der Waals surface area contributed by atoms with Gasteiger partial charge in [-0.3, -0.25) is 9.52 Å². The number of rotatable bonds is 9. The van der Waals surface area contributed by atoms with Crippen LogP contribution in [0.3, 0.4) is 0 Å². The van der Waals surface area contributed by atoms with E-state index in [4.69, 9.17) is 32.7 Å². The van der Waals surface area contributed by atoms with E-state index in [9.17, 15) is 13.2 Å². The number of ether oxygens (including phenoxy) is 2. The molecule has 0 aliphatic heterocycles. The number of sulfonamides is 1. The minimum atomic E-state index is -3.84. The third-order valence-corrected chi connectivity index (χ3v) is 6.48. The van der Waals surface area contributed by atoms with E-state index in [1.54, 1.807) is 7.11 Å². The van der Waals surface area contributed by atoms with E-state index in [0.29, 0.717) is 23.1 Å². The summed E-state index contributed by atoms with van der Waals surface area (Å²) in [6, 6.07) is 17.5. The summed E-state index contributed by atoms with van der Waals surface area (Å²) < 4.78 is 38.2. The van der Waals surface area contributed by atoms with Crippen LogP contribution < -0.4 is 19.5 Å². The van der Waals surface area contributed by atoms with Gasteiger partial charge in [-0.05, 0) is 48.5 Å². The van der Waals surface area contributed by atoms with Crippen LogP contribution in [0.1, 0.15) is 5.56 Å². The van der Waals surface area contributed by atoms with Crippen LogP contribution in [0.15, 0.2) is 71.6 Å². The van der Waals surface area contributed by atoms with E-state index < -0.39 is 10.0 Å². The number of amides is 1. The molecule has 1 amide bonds. The van der Waals surface area contributed by atoms with Crippen LogP contribution in [0, 0.1) is 0 Å². The lowest BCUT2D eigenvalue weighted by atomic mass is 10.2. The molecule has 0 unspecified atom stereocenters. The molecule has 3 rings (SSSR count). The molecule has 0 atom stereocenters. The summed E-state index contributed by atoms with van der Waals surface area (Å²) in [6.07, 6.45) is 0. The van der Waals surface area contributed by atoms with Gasteiger partial charge in [0.1, 0.15) is 11.5 Å². The molecule has 10 heteroatoms. The predicted molar refractivity (Wildman–Crippen MR) is 124 cm³/mol. The Bertz CT molecular complexity index is 1200. The minimum absolute atomic E-state index is 0.0246. The molecule has 0 heterocycles. The molecule has 2 N–H and O–H groups in total. The fourth-order valence-electron chi connectivity index (χ4n) is 2.73. The van der Waals surface area contributed by atoms with Crippen LogP contribution >= 0.6 is 23.2 Å². The highest BCUT2D eigenvalue weighted by Gasteiger charge is 2.15. The van der Waals surface area contributed by atoms with Crippen LogP contribution in [-0.4, -0.2) is 28.0 Å². The van der Waals surface area contributed by atoms with Gasteiger partial charge in [-0.2, -0.15) is 0 Å². The minimum Gasteiger partial charge on any atom is -0.496 e. The van der Waals surface area contributed by atoms with Gasteiger partial charge >= 0.3 is 0 Å². The molecule has 168 valence electrons. The second kappa shape index (κ2) is 10.6. The van der Waals surface area contributed by atoms with Gasteiger partial charge in [-0.1, -0.05) is 41.4 Å². The molecule has 32 heavy (non-hydrogen) atoms. The third kappa shape index (κ3) is 6.29. The van der Waals surface area contributed by atoms with Crippen molar-refractivity contribution in [1.82, 2.24) is 5.32 Å². The van der Waals surface area contributed by atoms with Crippen LogP contribution in [-0.2, 0) is 21.4 Å². The van der Waals surface area contributed by atoms with E-state index in [2.05, 4.69) is 10.0 Å². The van der Waals surface area contributed by atoms with E-state index in [1.807, 2.05) is 24.3 Å². The summed E-state index contributed by atoms with van der Waals surface area (Å²) in [7, 11) is -2.27. The number of halogens is 2. The summed E-state index contributed by atoms with van der Waals surface area (Å²) in [4.78, 5) is 12.1. The SMILES string of the molecule is COc1ccccc1CNC(=O)COc1ccc(S(=O)(=O)Nc2ccc(Cl)c(Cl)c2)cc1. The lowest BCUT2D eigenvalue weighted by molar-refractivity contribution is -0.123. The molecule has 0 radical (unpaired) electrons. The Labute approximate surface area is 196 Å². The van der Waals surface area contributed by atoms with Gasteiger partial charge in [0.2, 0.25) is 0 Å². The van der Waals surface area contributed by atoms with Crippen molar-refractivity contribution < 1.29 is 22.7 Å². The Kier molecular flexibility index (Phi) is 7.84. The topological polar surface area (TPSA) is 93.7 Å². The van der Waals surface area contributed by atoms with E-state index in [0.717, 1.165) is 5.56 Å². The summed E-state index contributed by atoms with van der Waals surface area (Å²) in [5.74, 6) is 0.708. The van der Waals surface area contributed by atoms with Crippen molar-refractivity contribution in [1.29, 1.82) is 0 Å². The molecular weight excluding hydrogens is 475 g/mol. The summed E-state index contributed by atoms with van der Waals surface area (Å²) >= 11 is 11.8. The molecule has 0 spiro atoms. The highest BCUT2D eigenvalue weighted by molar-refractivity contribution is 7.92. The maximum absolute atomic E-state index is 12.5. The molecule has 0 aliphatic carbocycles. The Balaban J connectivity index is 1.54. The molecule has 3 aromatic rings. The Morgan fingerprint density at radius 1 is 0.969 bits per heavy atom. The van der Waals surface area contributed by atoms with E-state index >= 15 is 0 Å². The number of carbonyl (C=O) groups excluding carboxylic acids is 1. The quantitative estimate of drug-likeness (QED) is 0.456. The first-order chi connectivity index (χ1) is 15.3. The molecule has 0 saturated carbocycles. The lowest BCUT2D eigenvalue weighted by Crippen LogP contribution is -2.28. The Morgan fingerprint density at radius 3 is 2.38 bits per heavy atom. The maximum Gasteiger partial charge on any atom is 0.261 e. The molecule has 0 aliphatic rings. The molecule has 3 aromatic carbocycles. The van der Waals surface area contributed by atoms with Gasteiger partial charge in [-0.15, -0.1) is 0 Å². The van der Waals surface area contributed by atoms with Gasteiger partial charge in [-0.25, -0.2) is 8.42 Å². The number of benzene rings is 3. The second-order valence-electron chi connectivity index (χ2n) is 6.58. The number of carbonyl (C=O) groups is 1. The number of methoxy groups -OCH3 is 1. The number of nitrogens with one attached hydrogen (secondary N) is 2. The molecule has 0 fully saturated rings. The van der Waals surface area contributed by atoms with Gasteiger partial charge in [0.15, 0.2) is 6.61 Å². The Hall–Kier alpha value is -2.94. The monoisotopic (exact) mass is 494 g/mol. The molecule has 0 bridgehead atoms. The number of anilines is 1. The first kappa shape index (κ1) is 23.7. The number of hydrogen-bond acceptors (Lipinski definition) is 5. The van der Waals surface area contributed by atoms with Crippen molar-refractivity contribution in [2.24, 2.45) is 0 Å². The average Bonchev–Trinajstić information content (AvgIpc) is 2.79. The van der Waals surface area contributed by atoms with Crippen molar-refractivity contribution in [2.75, 3.05) is 18.4 Å². The largest absolute Gasteiger partial charge is 0.496 e. The number of hydrogen-bond donors (Lipinski definition) is 2. The third-order valence-electron chi connectivity index (χ3n) is 4.34. The van der Waals surface area contributed by atoms with Crippen molar-refractivity contribution in [3.05, 3.63) is 82.3 Å². The highest BCUT2D eigenvalue weighted by atomic mass is 35.5. The fraction of sp³-hybridized carbons (Fsp3) is 0.136. The molecule has 0 aromatic heterocycles. The van der Waals surface area contributed by atoms with Crippen LogP contribution in [0.25, 0.3) is 0 Å². The maximum atomic E-state index is 12.5. The summed E-state index contributed by atoms with van der Waals surface area (Å²) in [5, 5.41) is 3.30. The Morgan fingerprint density at radius 2 is 1.69 bits per heavy atom. The summed E-state index contributed by atoms with van der Waals surface area (Å²) in [6.45, 7) is 0.0759. The van der Waals surface area contributed by atoms with Crippen molar-refractivity contribution >= 4 is 44.8 Å². The average molecular weight is 495 g/mol. The zero-order valence-corrected chi connectivity index (χ0v) is 19.3. The zero-order chi connectivity index (χ0) is 23.1. The first-order valence-corrected chi connectivity index (χ1v) is 11.6. The van der Waals surface area contributed by atoms with E-state index in [1.165, 1.54) is 42.5 Å². The molecular formula is C22H20Cl2N2O5S. The van der Waals surface area contributed by atoms with Gasteiger partial charge in [0, 0.05) is 12.1 Å². The van der Waals surface area contributed by atoms with E-state index in [-0.39, 0.29) is 28.1 Å². The molecule has 7 nitrogen and oxygen atoms in total. The van der Waals surface area contributed by atoms with Crippen molar-refractivity contribution in [2.45, 2.75) is 11.4 Å².